The molecule has 0 spiro atoms. The third kappa shape index (κ3) is 5.20. The lowest BCUT2D eigenvalue weighted by Gasteiger charge is -2.18. The van der Waals surface area contributed by atoms with Gasteiger partial charge >= 0.3 is 0 Å². The lowest BCUT2D eigenvalue weighted by Crippen LogP contribution is -2.29. The number of hydrogen-bond donors (Lipinski definition) is 4. The van der Waals surface area contributed by atoms with Crippen LogP contribution in [-0.2, 0) is 17.9 Å². The van der Waals surface area contributed by atoms with Gasteiger partial charge in [0.1, 0.15) is 23.0 Å². The Morgan fingerprint density at radius 2 is 1.72 bits per heavy atom. The van der Waals surface area contributed by atoms with Crippen LogP contribution in [0.2, 0.25) is 0 Å². The third-order valence-corrected chi connectivity index (χ3v) is 5.78. The molecule has 39 heavy (non-hydrogen) atoms. The second-order valence-corrected chi connectivity index (χ2v) is 8.47. The van der Waals surface area contributed by atoms with Crippen molar-refractivity contribution in [2.75, 3.05) is 11.9 Å². The summed E-state index contributed by atoms with van der Waals surface area (Å²) in [6.07, 6.45) is 0.849. The standard InChI is InChI=1S/C25H19F2N7O5/c26-15-5-12(1-3-14(15)22(28)36)8-30-25(38)19-7-18(33-23-16(27)10-31-34(19)23)24(37)29-9-13-2-4-20-17(6-13)32-21(35)11-39-20/h1-7,10H,8-9,11H2,(H2,28,36)(H,29,37)(H,30,38)(H,32,35). The molecule has 4 amide bonds. The number of amides is 4. The summed E-state index contributed by atoms with van der Waals surface area (Å²) >= 11 is 0. The van der Waals surface area contributed by atoms with Crippen molar-refractivity contribution in [1.82, 2.24) is 25.2 Å². The summed E-state index contributed by atoms with van der Waals surface area (Å²) in [4.78, 5) is 52.6. The van der Waals surface area contributed by atoms with E-state index in [2.05, 4.69) is 26.0 Å². The lowest BCUT2D eigenvalue weighted by molar-refractivity contribution is -0.118. The van der Waals surface area contributed by atoms with E-state index in [1.165, 1.54) is 12.1 Å². The number of benzene rings is 2. The number of primary amides is 1. The van der Waals surface area contributed by atoms with E-state index in [1.54, 1.807) is 18.2 Å². The van der Waals surface area contributed by atoms with Gasteiger partial charge < -0.3 is 26.4 Å². The molecule has 0 atom stereocenters. The topological polar surface area (TPSA) is 170 Å². The monoisotopic (exact) mass is 535 g/mol. The number of anilines is 1. The zero-order valence-electron chi connectivity index (χ0n) is 20.0. The van der Waals surface area contributed by atoms with Gasteiger partial charge in [0, 0.05) is 19.2 Å². The molecule has 2 aromatic heterocycles. The lowest BCUT2D eigenvalue weighted by atomic mass is 10.1. The molecule has 0 bridgehead atoms. The number of halogens is 2. The number of hydrogen-bond acceptors (Lipinski definition) is 7. The van der Waals surface area contributed by atoms with Crippen LogP contribution in [0.3, 0.4) is 0 Å². The molecule has 1 aliphatic heterocycles. The zero-order chi connectivity index (χ0) is 27.7. The van der Waals surface area contributed by atoms with Crippen molar-refractivity contribution in [3.63, 3.8) is 0 Å². The Morgan fingerprint density at radius 1 is 1.00 bits per heavy atom. The predicted molar refractivity (Wildman–Crippen MR) is 131 cm³/mol. The average molecular weight is 535 g/mol. The van der Waals surface area contributed by atoms with Gasteiger partial charge in [-0.05, 0) is 35.4 Å². The van der Waals surface area contributed by atoms with Crippen molar-refractivity contribution in [3.8, 4) is 5.75 Å². The highest BCUT2D eigenvalue weighted by Crippen LogP contribution is 2.28. The first-order chi connectivity index (χ1) is 18.7. The van der Waals surface area contributed by atoms with Crippen molar-refractivity contribution in [1.29, 1.82) is 0 Å². The van der Waals surface area contributed by atoms with Crippen LogP contribution in [-0.4, -0.2) is 44.8 Å². The highest BCUT2D eigenvalue weighted by Gasteiger charge is 2.21. The third-order valence-electron chi connectivity index (χ3n) is 5.78. The van der Waals surface area contributed by atoms with Gasteiger partial charge in [-0.25, -0.2) is 18.3 Å². The number of ether oxygens (including phenoxy) is 1. The fraction of sp³-hybridized carbons (Fsp3) is 0.120. The SMILES string of the molecule is NC(=O)c1ccc(CNC(=O)c2cc(C(=O)NCc3ccc4c(c3)NC(=O)CO4)nc3c(F)cnn23)cc1F. The number of nitrogens with zero attached hydrogens (tertiary/aromatic N) is 3. The first kappa shape index (κ1) is 25.3. The quantitative estimate of drug-likeness (QED) is 0.276. The summed E-state index contributed by atoms with van der Waals surface area (Å²) in [5.74, 6) is -3.88. The van der Waals surface area contributed by atoms with Crippen LogP contribution in [0.5, 0.6) is 5.75 Å². The normalized spacial score (nSPS) is 12.3. The number of carbonyl (C=O) groups excluding carboxylic acids is 4. The predicted octanol–water partition coefficient (Wildman–Crippen LogP) is 1.30. The molecule has 1 aliphatic rings. The van der Waals surface area contributed by atoms with Crippen molar-refractivity contribution < 1.29 is 32.7 Å². The summed E-state index contributed by atoms with van der Waals surface area (Å²) in [6, 6.07) is 9.78. The summed E-state index contributed by atoms with van der Waals surface area (Å²) in [6.45, 7) is -0.204. The number of rotatable bonds is 7. The molecule has 0 aliphatic carbocycles. The molecule has 2 aromatic carbocycles. The summed E-state index contributed by atoms with van der Waals surface area (Å²) < 4.78 is 34.6. The van der Waals surface area contributed by atoms with Crippen LogP contribution < -0.4 is 26.4 Å². The molecule has 0 radical (unpaired) electrons. The minimum Gasteiger partial charge on any atom is -0.482 e. The van der Waals surface area contributed by atoms with Gasteiger partial charge in [0.25, 0.3) is 23.6 Å². The molecule has 0 saturated carbocycles. The van der Waals surface area contributed by atoms with Crippen LogP contribution in [0.4, 0.5) is 14.5 Å². The largest absolute Gasteiger partial charge is 0.482 e. The number of nitrogens with one attached hydrogen (secondary N) is 3. The smallest absolute Gasteiger partial charge is 0.270 e. The Bertz CT molecular complexity index is 1670. The second kappa shape index (κ2) is 10.2. The minimum atomic E-state index is -0.929. The molecule has 14 heteroatoms. The zero-order valence-corrected chi connectivity index (χ0v) is 20.0. The maximum absolute atomic E-state index is 14.3. The molecule has 0 unspecified atom stereocenters. The summed E-state index contributed by atoms with van der Waals surface area (Å²) in [5.41, 5.74) is 5.43. The number of fused-ring (bicyclic) bond motifs is 2. The van der Waals surface area contributed by atoms with E-state index in [4.69, 9.17) is 10.5 Å². The van der Waals surface area contributed by atoms with Gasteiger partial charge in [0.15, 0.2) is 18.1 Å². The molecule has 4 aromatic rings. The molecule has 0 saturated heterocycles. The van der Waals surface area contributed by atoms with Crippen molar-refractivity contribution >= 4 is 35.0 Å². The molecule has 3 heterocycles. The fourth-order valence-corrected chi connectivity index (χ4v) is 3.87. The van der Waals surface area contributed by atoms with E-state index in [0.717, 1.165) is 22.8 Å². The average Bonchev–Trinajstić information content (AvgIpc) is 3.29. The van der Waals surface area contributed by atoms with Crippen LogP contribution >= 0.6 is 0 Å². The Morgan fingerprint density at radius 3 is 2.46 bits per heavy atom. The van der Waals surface area contributed by atoms with E-state index < -0.39 is 29.4 Å². The molecule has 12 nitrogen and oxygen atoms in total. The highest BCUT2D eigenvalue weighted by atomic mass is 19.1. The van der Waals surface area contributed by atoms with E-state index in [1.807, 2.05) is 0 Å². The molecule has 0 fully saturated rings. The molecular weight excluding hydrogens is 516 g/mol. The van der Waals surface area contributed by atoms with Crippen molar-refractivity contribution in [2.45, 2.75) is 13.1 Å². The highest BCUT2D eigenvalue weighted by molar-refractivity contribution is 5.98. The van der Waals surface area contributed by atoms with E-state index in [-0.39, 0.29) is 48.2 Å². The van der Waals surface area contributed by atoms with E-state index in [0.29, 0.717) is 22.6 Å². The number of aromatic nitrogens is 3. The van der Waals surface area contributed by atoms with E-state index >= 15 is 0 Å². The summed E-state index contributed by atoms with van der Waals surface area (Å²) in [7, 11) is 0. The van der Waals surface area contributed by atoms with Gasteiger partial charge in [0.2, 0.25) is 0 Å². The Hall–Kier alpha value is -5.40. The molecule has 198 valence electrons. The molecule has 5 N–H and O–H groups in total. The first-order valence-electron chi connectivity index (χ1n) is 11.4. The number of carbonyl (C=O) groups is 4. The fourth-order valence-electron chi connectivity index (χ4n) is 3.87. The van der Waals surface area contributed by atoms with E-state index in [9.17, 15) is 28.0 Å². The van der Waals surface area contributed by atoms with Crippen molar-refractivity contribution in [2.24, 2.45) is 5.73 Å². The molecule has 5 rings (SSSR count). The minimum absolute atomic E-state index is 0.0327. The van der Waals surface area contributed by atoms with Crippen molar-refractivity contribution in [3.05, 3.63) is 88.4 Å². The van der Waals surface area contributed by atoms with Gasteiger partial charge in [0.05, 0.1) is 17.4 Å². The first-order valence-corrected chi connectivity index (χ1v) is 11.4. The van der Waals surface area contributed by atoms with Crippen LogP contribution in [0.1, 0.15) is 42.5 Å². The Labute approximate surface area is 218 Å². The maximum atomic E-state index is 14.3. The Kier molecular flexibility index (Phi) is 6.58. The second-order valence-electron chi connectivity index (χ2n) is 8.47. The number of nitrogens with two attached hydrogens (primary N) is 1. The maximum Gasteiger partial charge on any atom is 0.270 e. The van der Waals surface area contributed by atoms with Gasteiger partial charge in [-0.2, -0.15) is 5.10 Å². The van der Waals surface area contributed by atoms with Gasteiger partial charge in [-0.1, -0.05) is 12.1 Å². The Balaban J connectivity index is 1.33. The van der Waals surface area contributed by atoms with Crippen LogP contribution in [0.15, 0.2) is 48.7 Å². The van der Waals surface area contributed by atoms with Gasteiger partial charge in [-0.3, -0.25) is 19.2 Å². The van der Waals surface area contributed by atoms with Gasteiger partial charge in [-0.15, -0.1) is 0 Å². The summed E-state index contributed by atoms with van der Waals surface area (Å²) in [5, 5.41) is 11.7. The molecular formula is C25H19F2N7O5. The van der Waals surface area contributed by atoms with Crippen LogP contribution in [0.25, 0.3) is 5.65 Å². The van der Waals surface area contributed by atoms with Crippen LogP contribution in [0, 0.1) is 11.6 Å².